The molecule has 3 nitrogen and oxygen atoms in total. The average molecular weight is 256 g/mol. The number of aliphatic carboxylic acids is 1. The van der Waals surface area contributed by atoms with Crippen LogP contribution >= 0.6 is 11.6 Å². The van der Waals surface area contributed by atoms with Crippen LogP contribution in [0.1, 0.15) is 18.9 Å². The maximum Gasteiger partial charge on any atom is 0.304 e. The molecule has 1 unspecified atom stereocenters. The standard InChI is InChI=1S/C13H18ClNO2/c1-10(15(2)8-7-13(16)17)9-11-3-5-12(14)6-4-11/h3-6,10H,7-9H2,1-2H3,(H,16,17). The van der Waals surface area contributed by atoms with Crippen LogP contribution in [-0.4, -0.2) is 35.6 Å². The molecule has 4 heteroatoms. The van der Waals surface area contributed by atoms with Crippen LogP contribution in [0.3, 0.4) is 0 Å². The van der Waals surface area contributed by atoms with E-state index in [2.05, 4.69) is 11.8 Å². The summed E-state index contributed by atoms with van der Waals surface area (Å²) >= 11 is 5.82. The minimum atomic E-state index is -0.754. The molecule has 0 radical (unpaired) electrons. The molecule has 0 saturated heterocycles. The third-order valence-corrected chi connectivity index (χ3v) is 3.13. The smallest absolute Gasteiger partial charge is 0.304 e. The number of rotatable bonds is 6. The van der Waals surface area contributed by atoms with E-state index in [0.29, 0.717) is 12.6 Å². The fourth-order valence-electron chi connectivity index (χ4n) is 1.61. The van der Waals surface area contributed by atoms with Crippen molar-refractivity contribution in [2.75, 3.05) is 13.6 Å². The van der Waals surface area contributed by atoms with Gasteiger partial charge in [0.1, 0.15) is 0 Å². The first-order valence-electron chi connectivity index (χ1n) is 5.65. The van der Waals surface area contributed by atoms with Gasteiger partial charge in [-0.25, -0.2) is 0 Å². The first kappa shape index (κ1) is 14.0. The van der Waals surface area contributed by atoms with Gasteiger partial charge in [-0.1, -0.05) is 23.7 Å². The molecule has 0 aliphatic rings. The van der Waals surface area contributed by atoms with E-state index >= 15 is 0 Å². The monoisotopic (exact) mass is 255 g/mol. The molecule has 1 aromatic rings. The third-order valence-electron chi connectivity index (χ3n) is 2.88. The Hall–Kier alpha value is -1.06. The Bertz CT molecular complexity index is 364. The van der Waals surface area contributed by atoms with E-state index < -0.39 is 5.97 Å². The zero-order valence-electron chi connectivity index (χ0n) is 10.2. The zero-order chi connectivity index (χ0) is 12.8. The lowest BCUT2D eigenvalue weighted by atomic mass is 10.1. The molecule has 1 aromatic carbocycles. The van der Waals surface area contributed by atoms with Crippen molar-refractivity contribution in [3.63, 3.8) is 0 Å². The van der Waals surface area contributed by atoms with Gasteiger partial charge in [0.2, 0.25) is 0 Å². The number of hydrogen-bond donors (Lipinski definition) is 1. The highest BCUT2D eigenvalue weighted by Gasteiger charge is 2.11. The van der Waals surface area contributed by atoms with Crippen LogP contribution in [0.15, 0.2) is 24.3 Å². The summed E-state index contributed by atoms with van der Waals surface area (Å²) in [6.45, 7) is 2.67. The number of likely N-dealkylation sites (N-methyl/N-ethyl adjacent to an activating group) is 1. The number of benzene rings is 1. The Labute approximate surface area is 107 Å². The molecule has 17 heavy (non-hydrogen) atoms. The fraction of sp³-hybridized carbons (Fsp3) is 0.462. The maximum absolute atomic E-state index is 10.5. The highest BCUT2D eigenvalue weighted by atomic mass is 35.5. The molecule has 0 aromatic heterocycles. The van der Waals surface area contributed by atoms with Crippen molar-refractivity contribution in [3.05, 3.63) is 34.9 Å². The molecule has 0 aliphatic carbocycles. The van der Waals surface area contributed by atoms with Crippen molar-refractivity contribution in [3.8, 4) is 0 Å². The third kappa shape index (κ3) is 5.20. The van der Waals surface area contributed by atoms with Gasteiger partial charge in [-0.05, 0) is 38.1 Å². The molecule has 0 bridgehead atoms. The van der Waals surface area contributed by atoms with E-state index in [-0.39, 0.29) is 6.42 Å². The molecule has 94 valence electrons. The van der Waals surface area contributed by atoms with Gasteiger partial charge in [-0.2, -0.15) is 0 Å². The lowest BCUT2D eigenvalue weighted by molar-refractivity contribution is -0.137. The summed E-state index contributed by atoms with van der Waals surface area (Å²) in [6, 6.07) is 8.07. The minimum absolute atomic E-state index is 0.182. The predicted molar refractivity (Wildman–Crippen MR) is 69.5 cm³/mol. The molecule has 1 N–H and O–H groups in total. The van der Waals surface area contributed by atoms with Crippen LogP contribution in [0.5, 0.6) is 0 Å². The molecular weight excluding hydrogens is 238 g/mol. The Morgan fingerprint density at radius 3 is 2.53 bits per heavy atom. The first-order chi connectivity index (χ1) is 7.99. The van der Waals surface area contributed by atoms with Crippen molar-refractivity contribution < 1.29 is 9.90 Å². The molecule has 1 atom stereocenters. The predicted octanol–water partition coefficient (Wildman–Crippen LogP) is 2.68. The number of carboxylic acid groups (broad SMARTS) is 1. The molecule has 1 rings (SSSR count). The van der Waals surface area contributed by atoms with Crippen LogP contribution < -0.4 is 0 Å². The van der Waals surface area contributed by atoms with Crippen LogP contribution in [0.25, 0.3) is 0 Å². The van der Waals surface area contributed by atoms with E-state index in [1.54, 1.807) is 0 Å². The summed E-state index contributed by atoms with van der Waals surface area (Å²) in [4.78, 5) is 12.5. The molecule has 0 saturated carbocycles. The van der Waals surface area contributed by atoms with Gasteiger partial charge < -0.3 is 10.0 Å². The van der Waals surface area contributed by atoms with Gasteiger partial charge in [0.15, 0.2) is 0 Å². The van der Waals surface area contributed by atoms with Crippen molar-refractivity contribution in [1.82, 2.24) is 4.90 Å². The number of nitrogens with zero attached hydrogens (tertiary/aromatic N) is 1. The van der Waals surface area contributed by atoms with Crippen LogP contribution in [-0.2, 0) is 11.2 Å². The average Bonchev–Trinajstić information content (AvgIpc) is 2.28. The molecule has 0 fully saturated rings. The van der Waals surface area contributed by atoms with Gasteiger partial charge in [-0.15, -0.1) is 0 Å². The SMILES string of the molecule is CC(Cc1ccc(Cl)cc1)N(C)CCC(=O)O. The van der Waals surface area contributed by atoms with Gasteiger partial charge >= 0.3 is 5.97 Å². The summed E-state index contributed by atoms with van der Waals surface area (Å²) in [5.41, 5.74) is 1.21. The summed E-state index contributed by atoms with van der Waals surface area (Å²) in [5, 5.41) is 9.36. The Balaban J connectivity index is 2.45. The molecule has 0 aliphatic heterocycles. The second-order valence-electron chi connectivity index (χ2n) is 4.30. The molecule has 0 heterocycles. The van der Waals surface area contributed by atoms with E-state index in [1.165, 1.54) is 5.56 Å². The molecule has 0 spiro atoms. The second kappa shape index (κ2) is 6.62. The van der Waals surface area contributed by atoms with Crippen LogP contribution in [0.4, 0.5) is 0 Å². The number of hydrogen-bond acceptors (Lipinski definition) is 2. The van der Waals surface area contributed by atoms with Gasteiger partial charge in [0, 0.05) is 17.6 Å². The summed E-state index contributed by atoms with van der Waals surface area (Å²) in [6.07, 6.45) is 1.08. The van der Waals surface area contributed by atoms with E-state index in [9.17, 15) is 4.79 Å². The van der Waals surface area contributed by atoms with Gasteiger partial charge in [0.05, 0.1) is 6.42 Å². The quantitative estimate of drug-likeness (QED) is 0.850. The van der Waals surface area contributed by atoms with Gasteiger partial charge in [-0.3, -0.25) is 4.79 Å². The summed E-state index contributed by atoms with van der Waals surface area (Å²) in [7, 11) is 1.95. The zero-order valence-corrected chi connectivity index (χ0v) is 10.9. The second-order valence-corrected chi connectivity index (χ2v) is 4.74. The lowest BCUT2D eigenvalue weighted by Gasteiger charge is -2.24. The summed E-state index contributed by atoms with van der Waals surface area (Å²) in [5.74, 6) is -0.754. The largest absolute Gasteiger partial charge is 0.481 e. The Kier molecular flexibility index (Phi) is 5.45. The van der Waals surface area contributed by atoms with E-state index in [4.69, 9.17) is 16.7 Å². The Morgan fingerprint density at radius 1 is 1.41 bits per heavy atom. The van der Waals surface area contributed by atoms with Crippen LogP contribution in [0.2, 0.25) is 5.02 Å². The molecular formula is C13H18ClNO2. The van der Waals surface area contributed by atoms with E-state index in [0.717, 1.165) is 11.4 Å². The maximum atomic E-state index is 10.5. The highest BCUT2D eigenvalue weighted by molar-refractivity contribution is 6.30. The Morgan fingerprint density at radius 2 is 2.00 bits per heavy atom. The topological polar surface area (TPSA) is 40.5 Å². The first-order valence-corrected chi connectivity index (χ1v) is 6.03. The van der Waals surface area contributed by atoms with Gasteiger partial charge in [0.25, 0.3) is 0 Å². The van der Waals surface area contributed by atoms with Crippen molar-refractivity contribution in [1.29, 1.82) is 0 Å². The molecule has 0 amide bonds. The number of halogens is 1. The summed E-state index contributed by atoms with van der Waals surface area (Å²) < 4.78 is 0. The normalized spacial score (nSPS) is 12.7. The lowest BCUT2D eigenvalue weighted by Crippen LogP contribution is -2.32. The highest BCUT2D eigenvalue weighted by Crippen LogP contribution is 2.12. The van der Waals surface area contributed by atoms with E-state index in [1.807, 2.05) is 31.3 Å². The number of carboxylic acids is 1. The van der Waals surface area contributed by atoms with Crippen molar-refractivity contribution >= 4 is 17.6 Å². The fourth-order valence-corrected chi connectivity index (χ4v) is 1.74. The minimum Gasteiger partial charge on any atom is -0.481 e. The van der Waals surface area contributed by atoms with Crippen molar-refractivity contribution in [2.45, 2.75) is 25.8 Å². The van der Waals surface area contributed by atoms with Crippen LogP contribution in [0, 0.1) is 0 Å². The number of carbonyl (C=O) groups is 1. The van der Waals surface area contributed by atoms with Crippen molar-refractivity contribution in [2.24, 2.45) is 0 Å².